The van der Waals surface area contributed by atoms with Crippen LogP contribution in [0.15, 0.2) is 47.4 Å². The highest BCUT2D eigenvalue weighted by Gasteiger charge is 2.36. The maximum atomic E-state index is 14.0. The van der Waals surface area contributed by atoms with Gasteiger partial charge in [0.15, 0.2) is 0 Å². The minimum Gasteiger partial charge on any atom is -0.368 e. The number of amides is 4. The van der Waals surface area contributed by atoms with Crippen molar-refractivity contribution in [1.29, 1.82) is 0 Å². The van der Waals surface area contributed by atoms with Crippen molar-refractivity contribution >= 4 is 40.8 Å². The molecule has 0 aliphatic carbocycles. The van der Waals surface area contributed by atoms with Gasteiger partial charge in [0.1, 0.15) is 17.7 Å². The first-order chi connectivity index (χ1) is 18.3. The Hall–Kier alpha value is -3.57. The van der Waals surface area contributed by atoms with Crippen molar-refractivity contribution in [2.45, 2.75) is 25.5 Å². The molecule has 0 spiro atoms. The molecule has 38 heavy (non-hydrogen) atoms. The quantitative estimate of drug-likeness (QED) is 0.537. The first kappa shape index (κ1) is 26.1. The van der Waals surface area contributed by atoms with Gasteiger partial charge in [-0.1, -0.05) is 18.2 Å². The fourth-order valence-corrected chi connectivity index (χ4v) is 5.48. The van der Waals surface area contributed by atoms with E-state index in [0.717, 1.165) is 29.9 Å². The third-order valence-corrected chi connectivity index (χ3v) is 7.70. The van der Waals surface area contributed by atoms with E-state index in [1.54, 1.807) is 34.1 Å². The molecule has 0 bridgehead atoms. The summed E-state index contributed by atoms with van der Waals surface area (Å²) < 4.78 is 33.5. The van der Waals surface area contributed by atoms with Crippen LogP contribution >= 0.6 is 11.8 Å². The second-order valence-electron chi connectivity index (χ2n) is 9.21. The number of ether oxygens (including phenoxy) is 1. The predicted molar refractivity (Wildman–Crippen MR) is 136 cm³/mol. The fourth-order valence-electron chi connectivity index (χ4n) is 4.64. The van der Waals surface area contributed by atoms with E-state index in [2.05, 4.69) is 0 Å². The van der Waals surface area contributed by atoms with Crippen molar-refractivity contribution in [2.24, 2.45) is 0 Å². The van der Waals surface area contributed by atoms with E-state index in [1.165, 1.54) is 12.1 Å². The smallest absolute Gasteiger partial charge is 0.293 e. The summed E-state index contributed by atoms with van der Waals surface area (Å²) in [7, 11) is 0. The monoisotopic (exact) mass is 541 g/mol. The standard InChI is InChI=1S/C27H25F2N3O5S/c28-20-3-1-4-21(29)19(20)16-32-26(35)23(38-27(32)36)15-17-6-8-18(9-7-17)24(33)30-10-12-31(13-11-30)25(34)22-5-2-14-37-22/h1,3-4,6-9,15,22H,2,5,10-14,16H2. The minimum absolute atomic E-state index is 0.0117. The maximum Gasteiger partial charge on any atom is 0.293 e. The zero-order valence-electron chi connectivity index (χ0n) is 20.4. The Morgan fingerprint density at radius 3 is 2.26 bits per heavy atom. The van der Waals surface area contributed by atoms with E-state index < -0.39 is 29.3 Å². The Morgan fingerprint density at radius 1 is 0.974 bits per heavy atom. The highest BCUT2D eigenvalue weighted by atomic mass is 32.2. The number of benzene rings is 2. The Kier molecular flexibility index (Phi) is 7.57. The largest absolute Gasteiger partial charge is 0.368 e. The van der Waals surface area contributed by atoms with Crippen molar-refractivity contribution in [1.82, 2.24) is 14.7 Å². The van der Waals surface area contributed by atoms with Crippen molar-refractivity contribution in [3.63, 3.8) is 0 Å². The molecule has 3 heterocycles. The molecule has 5 rings (SSSR count). The molecule has 0 radical (unpaired) electrons. The highest BCUT2D eigenvalue weighted by molar-refractivity contribution is 8.18. The number of thioether (sulfide) groups is 1. The van der Waals surface area contributed by atoms with E-state index in [0.29, 0.717) is 55.7 Å². The number of imide groups is 1. The SMILES string of the molecule is O=C(c1ccc(C=C2SC(=O)N(Cc3c(F)cccc3F)C2=O)cc1)N1CCN(C(=O)C2CCCO2)CC1. The summed E-state index contributed by atoms with van der Waals surface area (Å²) in [5.74, 6) is -2.47. The van der Waals surface area contributed by atoms with Gasteiger partial charge in [-0.15, -0.1) is 0 Å². The summed E-state index contributed by atoms with van der Waals surface area (Å²) in [4.78, 5) is 55.0. The van der Waals surface area contributed by atoms with Crippen LogP contribution in [0.3, 0.4) is 0 Å². The molecule has 8 nitrogen and oxygen atoms in total. The topological polar surface area (TPSA) is 87.2 Å². The number of carbonyl (C=O) groups excluding carboxylic acids is 4. The molecule has 2 aromatic carbocycles. The third-order valence-electron chi connectivity index (χ3n) is 6.79. The number of hydrogen-bond acceptors (Lipinski definition) is 6. The normalized spacial score (nSPS) is 21.1. The highest BCUT2D eigenvalue weighted by Crippen LogP contribution is 2.34. The molecular weight excluding hydrogens is 516 g/mol. The van der Waals surface area contributed by atoms with Gasteiger partial charge in [0.2, 0.25) is 0 Å². The van der Waals surface area contributed by atoms with Gasteiger partial charge in [0.25, 0.3) is 23.0 Å². The van der Waals surface area contributed by atoms with Crippen LogP contribution in [0.2, 0.25) is 0 Å². The number of carbonyl (C=O) groups is 4. The average molecular weight is 542 g/mol. The molecule has 3 saturated heterocycles. The van der Waals surface area contributed by atoms with Gasteiger partial charge in [-0.2, -0.15) is 0 Å². The van der Waals surface area contributed by atoms with E-state index in [4.69, 9.17) is 4.74 Å². The van der Waals surface area contributed by atoms with Gasteiger partial charge in [-0.25, -0.2) is 8.78 Å². The zero-order chi connectivity index (χ0) is 26.8. The molecule has 0 saturated carbocycles. The Balaban J connectivity index is 1.20. The predicted octanol–water partition coefficient (Wildman–Crippen LogP) is 3.66. The Labute approximate surface area is 222 Å². The summed E-state index contributed by atoms with van der Waals surface area (Å²) in [5, 5.41) is -0.618. The molecule has 1 atom stereocenters. The summed E-state index contributed by atoms with van der Waals surface area (Å²) in [6.07, 6.45) is 2.76. The van der Waals surface area contributed by atoms with Crippen LogP contribution in [0.5, 0.6) is 0 Å². The molecule has 2 aromatic rings. The molecule has 1 unspecified atom stereocenters. The average Bonchev–Trinajstić information content (AvgIpc) is 3.55. The zero-order valence-corrected chi connectivity index (χ0v) is 21.2. The lowest BCUT2D eigenvalue weighted by atomic mass is 10.1. The van der Waals surface area contributed by atoms with Gasteiger partial charge < -0.3 is 14.5 Å². The Morgan fingerprint density at radius 2 is 1.63 bits per heavy atom. The molecule has 198 valence electrons. The number of nitrogens with zero attached hydrogens (tertiary/aromatic N) is 3. The lowest BCUT2D eigenvalue weighted by Gasteiger charge is -2.35. The second-order valence-corrected chi connectivity index (χ2v) is 10.2. The minimum atomic E-state index is -0.830. The molecular formula is C27H25F2N3O5S. The lowest BCUT2D eigenvalue weighted by Crippen LogP contribution is -2.52. The van der Waals surface area contributed by atoms with Crippen molar-refractivity contribution in [3.8, 4) is 0 Å². The summed E-state index contributed by atoms with van der Waals surface area (Å²) in [6.45, 7) is 1.87. The number of rotatable bonds is 5. The molecule has 3 aliphatic heterocycles. The number of halogens is 2. The van der Waals surface area contributed by atoms with Crippen LogP contribution in [-0.2, 0) is 20.9 Å². The third kappa shape index (κ3) is 5.34. The van der Waals surface area contributed by atoms with Gasteiger partial charge in [-0.05, 0) is 60.5 Å². The summed E-state index contributed by atoms with van der Waals surface area (Å²) in [6, 6.07) is 9.95. The molecule has 0 N–H and O–H groups in total. The van der Waals surface area contributed by atoms with E-state index in [1.807, 2.05) is 0 Å². The van der Waals surface area contributed by atoms with Gasteiger partial charge >= 0.3 is 0 Å². The van der Waals surface area contributed by atoms with Gasteiger partial charge in [0.05, 0.1) is 11.4 Å². The maximum absolute atomic E-state index is 14.0. The second kappa shape index (κ2) is 11.0. The van der Waals surface area contributed by atoms with Crippen LogP contribution in [0, 0.1) is 11.6 Å². The Bertz CT molecular complexity index is 1280. The van der Waals surface area contributed by atoms with E-state index in [-0.39, 0.29) is 28.4 Å². The van der Waals surface area contributed by atoms with E-state index >= 15 is 0 Å². The van der Waals surface area contributed by atoms with Crippen LogP contribution in [0.25, 0.3) is 6.08 Å². The number of hydrogen-bond donors (Lipinski definition) is 0. The van der Waals surface area contributed by atoms with Crippen molar-refractivity contribution < 1.29 is 32.7 Å². The van der Waals surface area contributed by atoms with Gasteiger partial charge in [0, 0.05) is 43.9 Å². The summed E-state index contributed by atoms with van der Waals surface area (Å²) >= 11 is 0.690. The van der Waals surface area contributed by atoms with Crippen LogP contribution in [-0.4, -0.2) is 76.6 Å². The first-order valence-electron chi connectivity index (χ1n) is 12.3. The molecule has 11 heteroatoms. The fraction of sp³-hybridized carbons (Fsp3) is 0.333. The molecule has 3 fully saturated rings. The van der Waals surface area contributed by atoms with Crippen LogP contribution < -0.4 is 0 Å². The first-order valence-corrected chi connectivity index (χ1v) is 13.1. The van der Waals surface area contributed by atoms with Crippen molar-refractivity contribution in [2.75, 3.05) is 32.8 Å². The molecule has 4 amide bonds. The van der Waals surface area contributed by atoms with Crippen molar-refractivity contribution in [3.05, 3.63) is 75.7 Å². The van der Waals surface area contributed by atoms with E-state index in [9.17, 15) is 28.0 Å². The summed E-state index contributed by atoms with van der Waals surface area (Å²) in [5.41, 5.74) is 0.705. The number of piperazine rings is 1. The molecule has 3 aliphatic rings. The lowest BCUT2D eigenvalue weighted by molar-refractivity contribution is -0.142. The van der Waals surface area contributed by atoms with Crippen LogP contribution in [0.4, 0.5) is 13.6 Å². The van der Waals surface area contributed by atoms with Crippen LogP contribution in [0.1, 0.15) is 34.3 Å². The molecule has 0 aromatic heterocycles. The van der Waals surface area contributed by atoms with Gasteiger partial charge in [-0.3, -0.25) is 24.1 Å².